The van der Waals surface area contributed by atoms with Gasteiger partial charge in [-0.25, -0.2) is 0 Å². The first-order valence-electron chi connectivity index (χ1n) is 6.74. The summed E-state index contributed by atoms with van der Waals surface area (Å²) < 4.78 is 0. The topological polar surface area (TPSA) is 15.3 Å². The van der Waals surface area contributed by atoms with Gasteiger partial charge in [-0.05, 0) is 17.9 Å². The smallest absolute Gasteiger partial charge is 0.0261 e. The zero-order valence-corrected chi connectivity index (χ0v) is 11.0. The van der Waals surface area contributed by atoms with E-state index in [9.17, 15) is 0 Å². The van der Waals surface area contributed by atoms with Crippen LogP contribution in [0.4, 0.5) is 0 Å². The third-order valence-corrected chi connectivity index (χ3v) is 3.39. The fourth-order valence-corrected chi connectivity index (χ4v) is 2.60. The lowest BCUT2D eigenvalue weighted by Crippen LogP contribution is -2.53. The monoisotopic (exact) mass is 232 g/mol. The highest BCUT2D eigenvalue weighted by Crippen LogP contribution is 2.12. The van der Waals surface area contributed by atoms with Crippen LogP contribution in [-0.4, -0.2) is 37.1 Å². The molecular weight excluding hydrogens is 208 g/mol. The molecule has 1 heterocycles. The molecule has 2 rings (SSSR count). The molecule has 0 aliphatic carbocycles. The van der Waals surface area contributed by atoms with E-state index in [2.05, 4.69) is 54.4 Å². The largest absolute Gasteiger partial charge is 0.314 e. The second-order valence-electron chi connectivity index (χ2n) is 5.44. The van der Waals surface area contributed by atoms with Gasteiger partial charge in [-0.3, -0.25) is 4.90 Å². The molecule has 1 N–H and O–H groups in total. The molecule has 0 spiro atoms. The summed E-state index contributed by atoms with van der Waals surface area (Å²) in [5, 5.41) is 3.52. The van der Waals surface area contributed by atoms with Crippen molar-refractivity contribution in [3.05, 3.63) is 35.9 Å². The van der Waals surface area contributed by atoms with Crippen LogP contribution in [0, 0.1) is 5.92 Å². The zero-order valence-electron chi connectivity index (χ0n) is 11.0. The van der Waals surface area contributed by atoms with E-state index in [1.54, 1.807) is 0 Å². The van der Waals surface area contributed by atoms with Crippen LogP contribution in [0.15, 0.2) is 30.3 Å². The molecule has 1 atom stereocenters. The first-order valence-corrected chi connectivity index (χ1v) is 6.74. The van der Waals surface area contributed by atoms with E-state index in [0.717, 1.165) is 19.0 Å². The van der Waals surface area contributed by atoms with E-state index in [4.69, 9.17) is 0 Å². The number of nitrogens with one attached hydrogen (secondary N) is 1. The van der Waals surface area contributed by atoms with E-state index in [1.807, 2.05) is 0 Å². The summed E-state index contributed by atoms with van der Waals surface area (Å²) >= 11 is 0. The summed E-state index contributed by atoms with van der Waals surface area (Å²) in [7, 11) is 0. The average Bonchev–Trinajstić information content (AvgIpc) is 2.32. The second-order valence-corrected chi connectivity index (χ2v) is 5.44. The summed E-state index contributed by atoms with van der Waals surface area (Å²) in [6, 6.07) is 11.5. The molecule has 0 aromatic heterocycles. The van der Waals surface area contributed by atoms with E-state index in [-0.39, 0.29) is 0 Å². The number of hydrogen-bond donors (Lipinski definition) is 1. The van der Waals surface area contributed by atoms with E-state index >= 15 is 0 Å². The number of nitrogens with zero attached hydrogens (tertiary/aromatic N) is 1. The molecule has 2 nitrogen and oxygen atoms in total. The van der Waals surface area contributed by atoms with Crippen LogP contribution in [0.25, 0.3) is 0 Å². The molecule has 17 heavy (non-hydrogen) atoms. The molecule has 1 aromatic rings. The summed E-state index contributed by atoms with van der Waals surface area (Å²) in [5.74, 6) is 0.756. The van der Waals surface area contributed by atoms with Gasteiger partial charge < -0.3 is 5.32 Å². The van der Waals surface area contributed by atoms with Crippen molar-refractivity contribution in [2.24, 2.45) is 5.92 Å². The number of hydrogen-bond acceptors (Lipinski definition) is 2. The molecule has 1 fully saturated rings. The lowest BCUT2D eigenvalue weighted by molar-refractivity contribution is 0.143. The normalized spacial score (nSPS) is 21.9. The fraction of sp³-hybridized carbons (Fsp3) is 0.600. The molecule has 1 saturated heterocycles. The lowest BCUT2D eigenvalue weighted by Gasteiger charge is -2.37. The van der Waals surface area contributed by atoms with Gasteiger partial charge in [0, 0.05) is 32.2 Å². The predicted molar refractivity (Wildman–Crippen MR) is 73.2 cm³/mol. The van der Waals surface area contributed by atoms with Crippen molar-refractivity contribution < 1.29 is 0 Å². The highest BCUT2D eigenvalue weighted by atomic mass is 15.2. The minimum atomic E-state index is 0.661. The first-order chi connectivity index (χ1) is 8.25. The molecule has 2 heteroatoms. The Balaban J connectivity index is 1.96. The van der Waals surface area contributed by atoms with Gasteiger partial charge in [0.05, 0.1) is 0 Å². The molecule has 0 saturated carbocycles. The molecular formula is C15H24N2. The standard InChI is InChI=1S/C15H24N2/c1-13(2)12-17-9-8-16-11-15(17)10-14-6-4-3-5-7-14/h3-7,13,15-16H,8-12H2,1-2H3/t15-/m0/s1. The Labute approximate surface area is 105 Å². The van der Waals surface area contributed by atoms with Crippen LogP contribution in [0.1, 0.15) is 19.4 Å². The first kappa shape index (κ1) is 12.6. The quantitative estimate of drug-likeness (QED) is 0.856. The van der Waals surface area contributed by atoms with Gasteiger partial charge in [-0.1, -0.05) is 44.2 Å². The van der Waals surface area contributed by atoms with Crippen molar-refractivity contribution in [3.8, 4) is 0 Å². The Morgan fingerprint density at radius 3 is 2.76 bits per heavy atom. The Kier molecular flexibility index (Phi) is 4.57. The summed E-state index contributed by atoms with van der Waals surface area (Å²) in [6.07, 6.45) is 1.17. The third-order valence-electron chi connectivity index (χ3n) is 3.39. The van der Waals surface area contributed by atoms with Crippen LogP contribution >= 0.6 is 0 Å². The van der Waals surface area contributed by atoms with Gasteiger partial charge in [-0.15, -0.1) is 0 Å². The molecule has 1 aromatic carbocycles. The van der Waals surface area contributed by atoms with E-state index in [1.165, 1.54) is 25.1 Å². The van der Waals surface area contributed by atoms with Gasteiger partial charge in [0.2, 0.25) is 0 Å². The maximum atomic E-state index is 3.52. The van der Waals surface area contributed by atoms with Gasteiger partial charge in [0.15, 0.2) is 0 Å². The van der Waals surface area contributed by atoms with Crippen LogP contribution in [0.3, 0.4) is 0 Å². The maximum Gasteiger partial charge on any atom is 0.0261 e. The Morgan fingerprint density at radius 1 is 1.29 bits per heavy atom. The summed E-state index contributed by atoms with van der Waals surface area (Å²) in [4.78, 5) is 2.65. The van der Waals surface area contributed by atoms with Crippen molar-refractivity contribution in [2.75, 3.05) is 26.2 Å². The lowest BCUT2D eigenvalue weighted by atomic mass is 10.0. The highest BCUT2D eigenvalue weighted by Gasteiger charge is 2.22. The Hall–Kier alpha value is -0.860. The van der Waals surface area contributed by atoms with Gasteiger partial charge in [-0.2, -0.15) is 0 Å². The number of rotatable bonds is 4. The average molecular weight is 232 g/mol. The molecule has 0 radical (unpaired) electrons. The predicted octanol–water partition coefficient (Wildman–Crippen LogP) is 2.16. The molecule has 1 aliphatic rings. The molecule has 0 amide bonds. The van der Waals surface area contributed by atoms with E-state index in [0.29, 0.717) is 6.04 Å². The zero-order chi connectivity index (χ0) is 12.1. The maximum absolute atomic E-state index is 3.52. The van der Waals surface area contributed by atoms with E-state index < -0.39 is 0 Å². The van der Waals surface area contributed by atoms with Crippen molar-refractivity contribution in [3.63, 3.8) is 0 Å². The van der Waals surface area contributed by atoms with Crippen molar-refractivity contribution in [1.29, 1.82) is 0 Å². The van der Waals surface area contributed by atoms with Crippen molar-refractivity contribution in [1.82, 2.24) is 10.2 Å². The minimum absolute atomic E-state index is 0.661. The number of benzene rings is 1. The SMILES string of the molecule is CC(C)CN1CCNC[C@@H]1Cc1ccccc1. The fourth-order valence-electron chi connectivity index (χ4n) is 2.60. The van der Waals surface area contributed by atoms with Crippen LogP contribution in [-0.2, 0) is 6.42 Å². The Morgan fingerprint density at radius 2 is 2.06 bits per heavy atom. The molecule has 0 unspecified atom stereocenters. The third kappa shape index (κ3) is 3.83. The van der Waals surface area contributed by atoms with Gasteiger partial charge >= 0.3 is 0 Å². The highest BCUT2D eigenvalue weighted by molar-refractivity contribution is 5.16. The van der Waals surface area contributed by atoms with Gasteiger partial charge in [0.25, 0.3) is 0 Å². The van der Waals surface area contributed by atoms with Gasteiger partial charge in [0.1, 0.15) is 0 Å². The molecule has 94 valence electrons. The van der Waals surface area contributed by atoms with Crippen LogP contribution in [0.2, 0.25) is 0 Å². The summed E-state index contributed by atoms with van der Waals surface area (Å²) in [6.45, 7) is 9.29. The Bertz CT molecular complexity index is 321. The molecule has 1 aliphatic heterocycles. The number of piperazine rings is 1. The minimum Gasteiger partial charge on any atom is -0.314 e. The summed E-state index contributed by atoms with van der Waals surface area (Å²) in [5.41, 5.74) is 1.45. The second kappa shape index (κ2) is 6.18. The van der Waals surface area contributed by atoms with Crippen LogP contribution < -0.4 is 5.32 Å². The van der Waals surface area contributed by atoms with Crippen LogP contribution in [0.5, 0.6) is 0 Å². The van der Waals surface area contributed by atoms with Crippen molar-refractivity contribution >= 4 is 0 Å². The van der Waals surface area contributed by atoms with Crippen molar-refractivity contribution in [2.45, 2.75) is 26.3 Å². The molecule has 0 bridgehead atoms.